The number of rotatable bonds is 5. The Balaban J connectivity index is 3.06. The molecule has 18 heavy (non-hydrogen) atoms. The van der Waals surface area contributed by atoms with Gasteiger partial charge < -0.3 is 4.67 Å². The quantitative estimate of drug-likeness (QED) is 0.464. The molecule has 0 heterocycles. The van der Waals surface area contributed by atoms with Crippen LogP contribution < -0.4 is 0 Å². The van der Waals surface area contributed by atoms with Crippen LogP contribution in [0.1, 0.15) is 18.9 Å². The van der Waals surface area contributed by atoms with Crippen molar-refractivity contribution in [2.45, 2.75) is 33.0 Å². The first-order valence-corrected chi connectivity index (χ1v) is 9.61. The molecule has 0 amide bonds. The lowest BCUT2D eigenvalue weighted by Gasteiger charge is -2.28. The van der Waals surface area contributed by atoms with E-state index in [1.54, 1.807) is 6.92 Å². The summed E-state index contributed by atoms with van der Waals surface area (Å²) in [5.41, 5.74) is 1.88. The van der Waals surface area contributed by atoms with Crippen LogP contribution in [0.2, 0.25) is 19.6 Å². The molecule has 3 nitrogen and oxygen atoms in total. The number of carbonyl (C=O) groups is 1. The van der Waals surface area contributed by atoms with Gasteiger partial charge in [-0.2, -0.15) is 5.10 Å². The second-order valence-corrected chi connectivity index (χ2v) is 10.5. The molecule has 4 heteroatoms. The normalized spacial score (nSPS) is 12.4. The third kappa shape index (κ3) is 4.45. The third-order valence-electron chi connectivity index (χ3n) is 2.76. The second-order valence-electron chi connectivity index (χ2n) is 5.49. The fourth-order valence-electron chi connectivity index (χ4n) is 1.39. The van der Waals surface area contributed by atoms with Crippen LogP contribution in [0.15, 0.2) is 35.4 Å². The lowest BCUT2D eigenvalue weighted by atomic mass is 10.1. The molecule has 0 aliphatic carbocycles. The molecule has 0 radical (unpaired) electrons. The number of hydrogen-bond acceptors (Lipinski definition) is 3. The molecule has 0 N–H and O–H groups in total. The molecule has 0 atom stereocenters. The number of hydrogen-bond donors (Lipinski definition) is 0. The van der Waals surface area contributed by atoms with E-state index in [1.807, 2.05) is 42.1 Å². The highest BCUT2D eigenvalue weighted by Crippen LogP contribution is 2.11. The van der Waals surface area contributed by atoms with E-state index in [0.717, 1.165) is 11.3 Å². The van der Waals surface area contributed by atoms with Crippen molar-refractivity contribution >= 4 is 19.7 Å². The molecular formula is C14H22N2OSi. The Morgan fingerprint density at radius 3 is 2.22 bits per heavy atom. The van der Waals surface area contributed by atoms with Gasteiger partial charge in [-0.15, -0.1) is 0 Å². The van der Waals surface area contributed by atoms with Crippen molar-refractivity contribution in [1.29, 1.82) is 0 Å². The Hall–Kier alpha value is -1.42. The van der Waals surface area contributed by atoms with Crippen LogP contribution in [-0.2, 0) is 4.79 Å². The molecular weight excluding hydrogens is 240 g/mol. The van der Waals surface area contributed by atoms with Crippen molar-refractivity contribution in [3.8, 4) is 0 Å². The minimum Gasteiger partial charge on any atom is -0.327 e. The SMILES string of the molecule is CC(=O)CC(=NN(C)[Si](C)(C)C)c1ccccc1. The van der Waals surface area contributed by atoms with Crippen molar-refractivity contribution in [3.63, 3.8) is 0 Å². The van der Waals surface area contributed by atoms with Crippen molar-refractivity contribution < 1.29 is 4.79 Å². The summed E-state index contributed by atoms with van der Waals surface area (Å²) in [6.45, 7) is 8.29. The van der Waals surface area contributed by atoms with Gasteiger partial charge in [0.25, 0.3) is 0 Å². The second kappa shape index (κ2) is 5.95. The van der Waals surface area contributed by atoms with E-state index < -0.39 is 8.24 Å². The van der Waals surface area contributed by atoms with E-state index in [9.17, 15) is 4.79 Å². The van der Waals surface area contributed by atoms with Gasteiger partial charge in [-0.05, 0) is 12.5 Å². The first-order valence-electron chi connectivity index (χ1n) is 6.17. The van der Waals surface area contributed by atoms with Crippen molar-refractivity contribution in [3.05, 3.63) is 35.9 Å². The highest BCUT2D eigenvalue weighted by molar-refractivity contribution is 6.73. The fourth-order valence-corrected chi connectivity index (χ4v) is 1.81. The molecule has 0 aliphatic rings. The largest absolute Gasteiger partial charge is 0.327 e. The summed E-state index contributed by atoms with van der Waals surface area (Å²) < 4.78 is 2.04. The van der Waals surface area contributed by atoms with E-state index in [-0.39, 0.29) is 5.78 Å². The summed E-state index contributed by atoms with van der Waals surface area (Å²) in [7, 11) is 0.523. The van der Waals surface area contributed by atoms with Crippen LogP contribution in [-0.4, -0.2) is 31.5 Å². The summed E-state index contributed by atoms with van der Waals surface area (Å²) in [4.78, 5) is 11.4. The lowest BCUT2D eigenvalue weighted by Crippen LogP contribution is -2.40. The monoisotopic (exact) mass is 262 g/mol. The van der Waals surface area contributed by atoms with Crippen LogP contribution in [0.5, 0.6) is 0 Å². The Morgan fingerprint density at radius 1 is 1.22 bits per heavy atom. The molecule has 0 aliphatic heterocycles. The van der Waals surface area contributed by atoms with Crippen LogP contribution in [0.25, 0.3) is 0 Å². The Morgan fingerprint density at radius 2 is 1.78 bits per heavy atom. The van der Waals surface area contributed by atoms with Gasteiger partial charge in [-0.1, -0.05) is 50.0 Å². The van der Waals surface area contributed by atoms with Gasteiger partial charge in [0, 0.05) is 7.05 Å². The first-order chi connectivity index (χ1) is 8.30. The number of ketones is 1. The summed E-state index contributed by atoms with van der Waals surface area (Å²) in [6.07, 6.45) is 0.388. The van der Waals surface area contributed by atoms with Crippen LogP contribution in [0.4, 0.5) is 0 Å². The van der Waals surface area contributed by atoms with Gasteiger partial charge in [0.1, 0.15) is 5.78 Å². The van der Waals surface area contributed by atoms with Gasteiger partial charge in [0.15, 0.2) is 8.24 Å². The molecule has 0 bridgehead atoms. The third-order valence-corrected chi connectivity index (χ3v) is 4.81. The predicted molar refractivity (Wildman–Crippen MR) is 79.4 cm³/mol. The summed E-state index contributed by atoms with van der Waals surface area (Å²) in [5, 5.41) is 4.65. The van der Waals surface area contributed by atoms with Gasteiger partial charge in [-0.3, -0.25) is 4.79 Å². The molecule has 1 aromatic carbocycles. The van der Waals surface area contributed by atoms with Crippen molar-refractivity contribution in [2.75, 3.05) is 7.05 Å². The lowest BCUT2D eigenvalue weighted by molar-refractivity contribution is -0.115. The van der Waals surface area contributed by atoms with E-state index in [4.69, 9.17) is 0 Å². The van der Waals surface area contributed by atoms with Crippen molar-refractivity contribution in [2.24, 2.45) is 5.10 Å². The molecule has 0 aromatic heterocycles. The highest BCUT2D eigenvalue weighted by Gasteiger charge is 2.20. The Labute approximate surface area is 111 Å². The Bertz CT molecular complexity index is 435. The van der Waals surface area contributed by atoms with E-state index in [1.165, 1.54) is 0 Å². The number of Topliss-reactive ketones (excluding diaryl/α,β-unsaturated/α-hetero) is 1. The smallest absolute Gasteiger partial charge is 0.168 e. The summed E-state index contributed by atoms with van der Waals surface area (Å²) in [6, 6.07) is 9.91. The summed E-state index contributed by atoms with van der Waals surface area (Å²) >= 11 is 0. The molecule has 0 fully saturated rings. The van der Waals surface area contributed by atoms with Gasteiger partial charge in [0.2, 0.25) is 0 Å². The van der Waals surface area contributed by atoms with Gasteiger partial charge in [0.05, 0.1) is 12.1 Å². The maximum absolute atomic E-state index is 11.4. The Kier molecular flexibility index (Phi) is 4.84. The topological polar surface area (TPSA) is 32.7 Å². The van der Waals surface area contributed by atoms with E-state index in [2.05, 4.69) is 24.7 Å². The predicted octanol–water partition coefficient (Wildman–Crippen LogP) is 3.14. The molecule has 0 spiro atoms. The number of benzene rings is 1. The van der Waals surface area contributed by atoms with Crippen LogP contribution in [0.3, 0.4) is 0 Å². The summed E-state index contributed by atoms with van der Waals surface area (Å²) in [5.74, 6) is 0.140. The maximum Gasteiger partial charge on any atom is 0.168 e. The minimum absolute atomic E-state index is 0.140. The molecule has 98 valence electrons. The molecule has 0 saturated heterocycles. The van der Waals surface area contributed by atoms with Gasteiger partial charge in [-0.25, -0.2) is 0 Å². The standard InChI is InChI=1S/C14H22N2OSi/c1-12(17)11-14(13-9-7-6-8-10-13)15-16(2)18(3,4)5/h6-10H,11H2,1-5H3. The van der Waals surface area contributed by atoms with E-state index >= 15 is 0 Å². The zero-order valence-electron chi connectivity index (χ0n) is 11.9. The van der Waals surface area contributed by atoms with Crippen LogP contribution >= 0.6 is 0 Å². The number of hydrazone groups is 1. The molecule has 0 unspecified atom stereocenters. The average Bonchev–Trinajstić information content (AvgIpc) is 2.27. The number of carbonyl (C=O) groups excluding carboxylic acids is 1. The number of nitrogens with zero attached hydrogens (tertiary/aromatic N) is 2. The van der Waals surface area contributed by atoms with E-state index in [0.29, 0.717) is 6.42 Å². The zero-order chi connectivity index (χ0) is 13.8. The van der Waals surface area contributed by atoms with Gasteiger partial charge >= 0.3 is 0 Å². The molecule has 1 aromatic rings. The minimum atomic E-state index is -1.47. The molecule has 1 rings (SSSR count). The highest BCUT2D eigenvalue weighted by atomic mass is 28.3. The van der Waals surface area contributed by atoms with Crippen molar-refractivity contribution in [1.82, 2.24) is 4.67 Å². The fraction of sp³-hybridized carbons (Fsp3) is 0.429. The maximum atomic E-state index is 11.4. The average molecular weight is 262 g/mol. The molecule has 0 saturated carbocycles. The zero-order valence-corrected chi connectivity index (χ0v) is 12.9. The first kappa shape index (κ1) is 14.6. The van der Waals surface area contributed by atoms with Crippen LogP contribution in [0, 0.1) is 0 Å².